The fourth-order valence-corrected chi connectivity index (χ4v) is 2.41. The summed E-state index contributed by atoms with van der Waals surface area (Å²) in [4.78, 5) is 13.1. The number of likely N-dealkylation sites (tertiary alicyclic amines) is 1. The Kier molecular flexibility index (Phi) is 4.46. The maximum atomic E-state index is 12.7. The molecule has 0 bridgehead atoms. The minimum atomic E-state index is -4.42. The third-order valence-electron chi connectivity index (χ3n) is 3.33. The van der Waals surface area contributed by atoms with Crippen molar-refractivity contribution in [1.29, 1.82) is 0 Å². The number of hydrogen-bond acceptors (Lipinski definition) is 2. The van der Waals surface area contributed by atoms with Crippen LogP contribution in [-0.2, 0) is 11.0 Å². The number of carbonyl (C=O) groups is 1. The molecule has 0 aliphatic carbocycles. The molecule has 1 heterocycles. The first kappa shape index (κ1) is 15.7. The van der Waals surface area contributed by atoms with Gasteiger partial charge in [-0.05, 0) is 30.7 Å². The number of anilines is 1. The van der Waals surface area contributed by atoms with Crippen molar-refractivity contribution in [1.82, 2.24) is 4.90 Å². The molecule has 1 aromatic rings. The average molecular weight is 319 g/mol. The molecule has 0 radical (unpaired) electrons. The molecule has 0 saturated carbocycles. The Labute approximate surface area is 125 Å². The SMILES string of the molecule is C=CC(=O)N1CC[C@H](Nc2cc(C(F)(F)F)ccc2Cl)C1. The van der Waals surface area contributed by atoms with E-state index in [0.29, 0.717) is 19.5 Å². The number of halogens is 4. The van der Waals surface area contributed by atoms with Crippen LogP contribution in [0.3, 0.4) is 0 Å². The van der Waals surface area contributed by atoms with Gasteiger partial charge in [-0.15, -0.1) is 0 Å². The van der Waals surface area contributed by atoms with Crippen molar-refractivity contribution in [3.8, 4) is 0 Å². The van der Waals surface area contributed by atoms with Gasteiger partial charge in [0.25, 0.3) is 0 Å². The van der Waals surface area contributed by atoms with Gasteiger partial charge in [-0.25, -0.2) is 0 Å². The Morgan fingerprint density at radius 1 is 1.48 bits per heavy atom. The third-order valence-corrected chi connectivity index (χ3v) is 3.66. The van der Waals surface area contributed by atoms with Gasteiger partial charge in [-0.1, -0.05) is 18.2 Å². The van der Waals surface area contributed by atoms with E-state index in [1.807, 2.05) is 0 Å². The molecule has 1 fully saturated rings. The Morgan fingerprint density at radius 3 is 2.81 bits per heavy atom. The Hall–Kier alpha value is -1.69. The molecular weight excluding hydrogens is 305 g/mol. The van der Waals surface area contributed by atoms with E-state index in [1.54, 1.807) is 4.90 Å². The summed E-state index contributed by atoms with van der Waals surface area (Å²) >= 11 is 5.92. The zero-order valence-corrected chi connectivity index (χ0v) is 11.8. The van der Waals surface area contributed by atoms with Crippen molar-refractivity contribution in [2.24, 2.45) is 0 Å². The lowest BCUT2D eigenvalue weighted by molar-refractivity contribution is -0.137. The van der Waals surface area contributed by atoms with E-state index in [4.69, 9.17) is 11.6 Å². The monoisotopic (exact) mass is 318 g/mol. The molecule has 3 nitrogen and oxygen atoms in total. The molecule has 1 atom stereocenters. The highest BCUT2D eigenvalue weighted by molar-refractivity contribution is 6.33. The summed E-state index contributed by atoms with van der Waals surface area (Å²) in [6, 6.07) is 3.01. The highest BCUT2D eigenvalue weighted by atomic mass is 35.5. The number of carbonyl (C=O) groups excluding carboxylic acids is 1. The van der Waals surface area contributed by atoms with E-state index in [0.717, 1.165) is 12.1 Å². The highest BCUT2D eigenvalue weighted by Crippen LogP contribution is 2.34. The van der Waals surface area contributed by atoms with Crippen molar-refractivity contribution >= 4 is 23.2 Å². The Morgan fingerprint density at radius 2 is 2.19 bits per heavy atom. The summed E-state index contributed by atoms with van der Waals surface area (Å²) in [5.74, 6) is -0.186. The van der Waals surface area contributed by atoms with Crippen LogP contribution in [0.5, 0.6) is 0 Å². The van der Waals surface area contributed by atoms with Gasteiger partial charge in [-0.3, -0.25) is 4.79 Å². The molecule has 0 unspecified atom stereocenters. The van der Waals surface area contributed by atoms with E-state index in [2.05, 4.69) is 11.9 Å². The summed E-state index contributed by atoms with van der Waals surface area (Å²) in [5, 5.41) is 3.19. The first-order valence-electron chi connectivity index (χ1n) is 6.36. The molecule has 1 aromatic carbocycles. The van der Waals surface area contributed by atoms with Crippen LogP contribution in [0, 0.1) is 0 Å². The van der Waals surface area contributed by atoms with E-state index in [-0.39, 0.29) is 22.7 Å². The third kappa shape index (κ3) is 3.69. The van der Waals surface area contributed by atoms with E-state index in [9.17, 15) is 18.0 Å². The zero-order valence-electron chi connectivity index (χ0n) is 11.1. The minimum absolute atomic E-state index is 0.130. The molecule has 1 aliphatic rings. The molecular formula is C14H14ClF3N2O. The number of nitrogens with zero attached hydrogens (tertiary/aromatic N) is 1. The Balaban J connectivity index is 2.10. The lowest BCUT2D eigenvalue weighted by Crippen LogP contribution is -2.30. The number of amides is 1. The molecule has 1 saturated heterocycles. The average Bonchev–Trinajstić information content (AvgIpc) is 2.87. The summed E-state index contributed by atoms with van der Waals surface area (Å²) < 4.78 is 38.1. The second-order valence-corrected chi connectivity index (χ2v) is 5.22. The van der Waals surface area contributed by atoms with Crippen molar-refractivity contribution in [2.75, 3.05) is 18.4 Å². The van der Waals surface area contributed by atoms with Gasteiger partial charge in [-0.2, -0.15) is 13.2 Å². The van der Waals surface area contributed by atoms with Crippen LogP contribution in [0.4, 0.5) is 18.9 Å². The van der Waals surface area contributed by atoms with Gasteiger partial charge in [0, 0.05) is 19.1 Å². The predicted molar refractivity (Wildman–Crippen MR) is 75.3 cm³/mol. The first-order chi connectivity index (χ1) is 9.81. The first-order valence-corrected chi connectivity index (χ1v) is 6.73. The molecule has 0 aromatic heterocycles. The van der Waals surface area contributed by atoms with Crippen molar-refractivity contribution < 1.29 is 18.0 Å². The van der Waals surface area contributed by atoms with Crippen LogP contribution >= 0.6 is 11.6 Å². The quantitative estimate of drug-likeness (QED) is 0.864. The predicted octanol–water partition coefficient (Wildman–Crippen LogP) is 3.56. The smallest absolute Gasteiger partial charge is 0.379 e. The largest absolute Gasteiger partial charge is 0.416 e. The fraction of sp³-hybridized carbons (Fsp3) is 0.357. The minimum Gasteiger partial charge on any atom is -0.379 e. The second kappa shape index (κ2) is 5.97. The van der Waals surface area contributed by atoms with Crippen LogP contribution in [0.1, 0.15) is 12.0 Å². The lowest BCUT2D eigenvalue weighted by Gasteiger charge is -2.18. The van der Waals surface area contributed by atoms with E-state index >= 15 is 0 Å². The maximum Gasteiger partial charge on any atom is 0.416 e. The van der Waals surface area contributed by atoms with Gasteiger partial charge in [0.2, 0.25) is 5.91 Å². The van der Waals surface area contributed by atoms with Crippen LogP contribution < -0.4 is 5.32 Å². The molecule has 2 rings (SSSR count). The molecule has 1 N–H and O–H groups in total. The molecule has 21 heavy (non-hydrogen) atoms. The lowest BCUT2D eigenvalue weighted by atomic mass is 10.1. The summed E-state index contributed by atoms with van der Waals surface area (Å²) in [6.45, 7) is 4.36. The topological polar surface area (TPSA) is 32.3 Å². The molecule has 0 spiro atoms. The summed E-state index contributed by atoms with van der Waals surface area (Å²) in [6.07, 6.45) is -2.55. The number of alkyl halides is 3. The van der Waals surface area contributed by atoms with Gasteiger partial charge < -0.3 is 10.2 Å². The molecule has 114 valence electrons. The number of benzene rings is 1. The van der Waals surface area contributed by atoms with Crippen LogP contribution in [-0.4, -0.2) is 29.9 Å². The Bertz CT molecular complexity index is 560. The van der Waals surface area contributed by atoms with Crippen LogP contribution in [0.15, 0.2) is 30.9 Å². The fourth-order valence-electron chi connectivity index (χ4n) is 2.24. The van der Waals surface area contributed by atoms with Crippen LogP contribution in [0.2, 0.25) is 5.02 Å². The van der Waals surface area contributed by atoms with Gasteiger partial charge in [0.15, 0.2) is 0 Å². The van der Waals surface area contributed by atoms with Crippen molar-refractivity contribution in [2.45, 2.75) is 18.6 Å². The zero-order chi connectivity index (χ0) is 15.6. The van der Waals surface area contributed by atoms with Crippen LogP contribution in [0.25, 0.3) is 0 Å². The highest BCUT2D eigenvalue weighted by Gasteiger charge is 2.31. The number of hydrogen-bond donors (Lipinski definition) is 1. The van der Waals surface area contributed by atoms with Gasteiger partial charge in [0.1, 0.15) is 0 Å². The standard InChI is InChI=1S/C14H14ClF3N2O/c1-2-13(21)20-6-5-10(8-20)19-12-7-9(14(16,17)18)3-4-11(12)15/h2-4,7,10,19H,1,5-6,8H2/t10-/m0/s1. The number of rotatable bonds is 3. The summed E-state index contributed by atoms with van der Waals surface area (Å²) in [7, 11) is 0. The number of nitrogens with one attached hydrogen (secondary N) is 1. The van der Waals surface area contributed by atoms with Gasteiger partial charge >= 0.3 is 6.18 Å². The summed E-state index contributed by atoms with van der Waals surface area (Å²) in [5.41, 5.74) is -0.532. The molecule has 1 aliphatic heterocycles. The molecule has 1 amide bonds. The molecule has 7 heteroatoms. The maximum absolute atomic E-state index is 12.7. The van der Waals surface area contributed by atoms with Crippen molar-refractivity contribution in [3.05, 3.63) is 41.4 Å². The van der Waals surface area contributed by atoms with Gasteiger partial charge in [0.05, 0.1) is 16.3 Å². The second-order valence-electron chi connectivity index (χ2n) is 4.81. The van der Waals surface area contributed by atoms with E-state index < -0.39 is 11.7 Å². The van der Waals surface area contributed by atoms with E-state index in [1.165, 1.54) is 12.1 Å². The van der Waals surface area contributed by atoms with Crippen molar-refractivity contribution in [3.63, 3.8) is 0 Å². The normalized spacial score (nSPS) is 18.7.